The van der Waals surface area contributed by atoms with Crippen molar-refractivity contribution in [3.8, 4) is 6.01 Å². The van der Waals surface area contributed by atoms with E-state index in [0.29, 0.717) is 6.61 Å². The molecule has 0 fully saturated rings. The van der Waals surface area contributed by atoms with Crippen LogP contribution in [0.5, 0.6) is 6.01 Å². The van der Waals surface area contributed by atoms with Crippen LogP contribution in [0.3, 0.4) is 0 Å². The molecular formula is C10H17F3N6O2. The molecule has 1 heterocycles. The van der Waals surface area contributed by atoms with Gasteiger partial charge >= 0.3 is 12.2 Å². The minimum atomic E-state index is -4.34. The molecule has 0 atom stereocenters. The van der Waals surface area contributed by atoms with Gasteiger partial charge in [-0.3, -0.25) is 5.43 Å². The fourth-order valence-corrected chi connectivity index (χ4v) is 1.18. The van der Waals surface area contributed by atoms with E-state index in [-0.39, 0.29) is 31.1 Å². The van der Waals surface area contributed by atoms with E-state index in [2.05, 4.69) is 30.4 Å². The van der Waals surface area contributed by atoms with Gasteiger partial charge in [0.2, 0.25) is 11.9 Å². The number of anilines is 2. The first-order valence-electron chi connectivity index (χ1n) is 6.18. The van der Waals surface area contributed by atoms with E-state index in [4.69, 9.17) is 10.6 Å². The average molecular weight is 310 g/mol. The third kappa shape index (κ3) is 7.46. The summed E-state index contributed by atoms with van der Waals surface area (Å²) in [6, 6.07) is 0.0681. The summed E-state index contributed by atoms with van der Waals surface area (Å²) in [4.78, 5) is 11.7. The number of hydrogen-bond acceptors (Lipinski definition) is 8. The average Bonchev–Trinajstić information content (AvgIpc) is 2.43. The number of alkyl halides is 3. The fourth-order valence-electron chi connectivity index (χ4n) is 1.18. The molecule has 0 saturated heterocycles. The second kappa shape index (κ2) is 8.42. The molecule has 0 unspecified atom stereocenters. The minimum Gasteiger partial charge on any atom is -0.463 e. The highest BCUT2D eigenvalue weighted by Gasteiger charge is 2.27. The van der Waals surface area contributed by atoms with Gasteiger partial charge in [-0.25, -0.2) is 5.84 Å². The summed E-state index contributed by atoms with van der Waals surface area (Å²) in [5.74, 6) is 5.41. The lowest BCUT2D eigenvalue weighted by Gasteiger charge is -2.10. The Balaban J connectivity index is 2.46. The van der Waals surface area contributed by atoms with Crippen molar-refractivity contribution in [1.82, 2.24) is 15.0 Å². The molecule has 0 radical (unpaired) electrons. The molecule has 8 nitrogen and oxygen atoms in total. The first kappa shape index (κ1) is 17.2. The molecule has 0 amide bonds. The quantitative estimate of drug-likeness (QED) is 0.351. The highest BCUT2D eigenvalue weighted by molar-refractivity contribution is 5.34. The Hall–Kier alpha value is -1.88. The fraction of sp³-hybridized carbons (Fsp3) is 0.700. The molecule has 11 heteroatoms. The van der Waals surface area contributed by atoms with Gasteiger partial charge in [0.15, 0.2) is 0 Å². The number of nitrogens with zero attached hydrogens (tertiary/aromatic N) is 3. The van der Waals surface area contributed by atoms with Crippen LogP contribution in [-0.2, 0) is 4.74 Å². The van der Waals surface area contributed by atoms with Crippen LogP contribution in [0, 0.1) is 0 Å². The van der Waals surface area contributed by atoms with E-state index < -0.39 is 12.8 Å². The second-order valence-corrected chi connectivity index (χ2v) is 3.85. The number of nitrogens with one attached hydrogen (secondary N) is 2. The van der Waals surface area contributed by atoms with Crippen LogP contribution in [0.4, 0.5) is 25.1 Å². The summed E-state index contributed by atoms with van der Waals surface area (Å²) in [7, 11) is 0. The van der Waals surface area contributed by atoms with Crippen molar-refractivity contribution in [2.75, 3.05) is 37.1 Å². The topological polar surface area (TPSA) is 107 Å². The molecular weight excluding hydrogens is 293 g/mol. The summed E-state index contributed by atoms with van der Waals surface area (Å²) in [5.41, 5.74) is 2.24. The van der Waals surface area contributed by atoms with Gasteiger partial charge in [0.1, 0.15) is 6.61 Å². The zero-order valence-corrected chi connectivity index (χ0v) is 11.4. The first-order valence-corrected chi connectivity index (χ1v) is 6.18. The normalized spacial score (nSPS) is 11.3. The molecule has 4 N–H and O–H groups in total. The van der Waals surface area contributed by atoms with Gasteiger partial charge in [-0.1, -0.05) is 6.92 Å². The molecule has 1 aromatic rings. The highest BCUT2D eigenvalue weighted by Crippen LogP contribution is 2.14. The standard InChI is InChI=1S/C10H17F3N6O2/c1-2-4-21-9-17-7(16-8(18-9)19-14)15-3-5-20-6-10(11,12)13/h2-6,14H2,1H3,(H2,15,16,17,18,19). The van der Waals surface area contributed by atoms with Crippen LogP contribution in [0.1, 0.15) is 13.3 Å². The Morgan fingerprint density at radius 3 is 2.48 bits per heavy atom. The number of aromatic nitrogens is 3. The molecule has 0 aromatic carbocycles. The number of nitrogens with two attached hydrogens (primary N) is 1. The number of hydrogen-bond donors (Lipinski definition) is 3. The van der Waals surface area contributed by atoms with Crippen molar-refractivity contribution in [3.05, 3.63) is 0 Å². The highest BCUT2D eigenvalue weighted by atomic mass is 19.4. The molecule has 120 valence electrons. The SMILES string of the molecule is CCCOc1nc(NN)nc(NCCOCC(F)(F)F)n1. The number of nitrogen functional groups attached to an aromatic ring is 1. The van der Waals surface area contributed by atoms with Crippen LogP contribution < -0.4 is 21.3 Å². The maximum Gasteiger partial charge on any atom is 0.411 e. The predicted octanol–water partition coefficient (Wildman–Crippen LogP) is 0.937. The summed E-state index contributed by atoms with van der Waals surface area (Å²) in [6.07, 6.45) is -3.57. The van der Waals surface area contributed by atoms with E-state index in [1.165, 1.54) is 0 Å². The number of halogens is 3. The monoisotopic (exact) mass is 310 g/mol. The molecule has 0 aliphatic heterocycles. The van der Waals surface area contributed by atoms with Crippen LogP contribution in [0.15, 0.2) is 0 Å². The maximum atomic E-state index is 11.9. The lowest BCUT2D eigenvalue weighted by molar-refractivity contribution is -0.172. The molecule has 0 aliphatic carbocycles. The van der Waals surface area contributed by atoms with Gasteiger partial charge in [-0.05, 0) is 6.42 Å². The third-order valence-electron chi connectivity index (χ3n) is 1.97. The van der Waals surface area contributed by atoms with E-state index in [0.717, 1.165) is 6.42 Å². The van der Waals surface area contributed by atoms with E-state index in [1.54, 1.807) is 0 Å². The van der Waals surface area contributed by atoms with Crippen molar-refractivity contribution in [2.45, 2.75) is 19.5 Å². The van der Waals surface area contributed by atoms with Gasteiger partial charge in [0.05, 0.1) is 13.2 Å². The molecule has 0 saturated carbocycles. The minimum absolute atomic E-state index is 0.0681. The van der Waals surface area contributed by atoms with Gasteiger partial charge in [0.25, 0.3) is 0 Å². The smallest absolute Gasteiger partial charge is 0.411 e. The van der Waals surface area contributed by atoms with Crippen LogP contribution in [0.2, 0.25) is 0 Å². The molecule has 0 spiro atoms. The first-order chi connectivity index (χ1) is 9.94. The summed E-state index contributed by atoms with van der Waals surface area (Å²) in [6.45, 7) is 0.980. The predicted molar refractivity (Wildman–Crippen MR) is 68.8 cm³/mol. The van der Waals surface area contributed by atoms with Gasteiger partial charge in [-0.2, -0.15) is 28.1 Å². The number of hydrazine groups is 1. The summed E-state index contributed by atoms with van der Waals surface area (Å²) < 4.78 is 45.3. The zero-order chi connectivity index (χ0) is 15.7. The lowest BCUT2D eigenvalue weighted by Crippen LogP contribution is -2.21. The van der Waals surface area contributed by atoms with Crippen molar-refractivity contribution in [1.29, 1.82) is 0 Å². The van der Waals surface area contributed by atoms with Gasteiger partial charge in [-0.15, -0.1) is 0 Å². The second-order valence-electron chi connectivity index (χ2n) is 3.85. The van der Waals surface area contributed by atoms with Crippen molar-refractivity contribution >= 4 is 11.9 Å². The Labute approximate surface area is 119 Å². The van der Waals surface area contributed by atoms with Crippen molar-refractivity contribution in [3.63, 3.8) is 0 Å². The zero-order valence-electron chi connectivity index (χ0n) is 11.4. The van der Waals surface area contributed by atoms with E-state index in [9.17, 15) is 13.2 Å². The Kier molecular flexibility index (Phi) is 6.88. The van der Waals surface area contributed by atoms with Crippen LogP contribution in [0.25, 0.3) is 0 Å². The lowest BCUT2D eigenvalue weighted by atomic mass is 10.5. The van der Waals surface area contributed by atoms with Crippen molar-refractivity contribution in [2.24, 2.45) is 5.84 Å². The molecule has 1 rings (SSSR count). The van der Waals surface area contributed by atoms with Crippen molar-refractivity contribution < 1.29 is 22.6 Å². The molecule has 0 bridgehead atoms. The Morgan fingerprint density at radius 2 is 1.86 bits per heavy atom. The van der Waals surface area contributed by atoms with Gasteiger partial charge in [0, 0.05) is 6.54 Å². The summed E-state index contributed by atoms with van der Waals surface area (Å²) >= 11 is 0. The number of rotatable bonds is 9. The maximum absolute atomic E-state index is 11.9. The molecule has 21 heavy (non-hydrogen) atoms. The van der Waals surface area contributed by atoms with E-state index in [1.807, 2.05) is 6.92 Å². The Morgan fingerprint density at radius 1 is 1.14 bits per heavy atom. The molecule has 0 aliphatic rings. The third-order valence-corrected chi connectivity index (χ3v) is 1.97. The largest absolute Gasteiger partial charge is 0.463 e. The Bertz CT molecular complexity index is 432. The van der Waals surface area contributed by atoms with E-state index >= 15 is 0 Å². The van der Waals surface area contributed by atoms with Crippen LogP contribution in [-0.4, -0.2) is 47.5 Å². The van der Waals surface area contributed by atoms with Gasteiger partial charge < -0.3 is 14.8 Å². The molecule has 1 aromatic heterocycles. The summed E-state index contributed by atoms with van der Waals surface area (Å²) in [5, 5.41) is 2.69. The van der Waals surface area contributed by atoms with Crippen LogP contribution >= 0.6 is 0 Å². The number of ether oxygens (including phenoxy) is 2.